The molecule has 1 aromatic rings. The molecule has 0 aromatic heterocycles. The molecule has 0 atom stereocenters. The fraction of sp³-hybridized carbons (Fsp3) is 0.200. The van der Waals surface area contributed by atoms with E-state index in [1.54, 1.807) is 6.08 Å². The lowest BCUT2D eigenvalue weighted by Gasteiger charge is -2.07. The maximum absolute atomic E-state index is 12.4. The summed E-state index contributed by atoms with van der Waals surface area (Å²) >= 11 is 3.08. The number of benzene rings is 1. The molecular weight excluding hydrogens is 303 g/mol. The number of hydrogen-bond donors (Lipinski definition) is 0. The van der Waals surface area contributed by atoms with E-state index < -0.39 is 22.4 Å². The van der Waals surface area contributed by atoms with Crippen molar-refractivity contribution in [2.45, 2.75) is 6.18 Å². The van der Waals surface area contributed by atoms with E-state index in [0.29, 0.717) is 11.4 Å². The van der Waals surface area contributed by atoms with Gasteiger partial charge in [0, 0.05) is 11.4 Å². The third-order valence-electron chi connectivity index (χ3n) is 1.94. The summed E-state index contributed by atoms with van der Waals surface area (Å²) in [6, 6.07) is 2.44. The molecule has 0 radical (unpaired) electrons. The average molecular weight is 310 g/mol. The van der Waals surface area contributed by atoms with Crippen molar-refractivity contribution in [1.29, 1.82) is 0 Å². The largest absolute Gasteiger partial charge is 0.416 e. The molecule has 0 amide bonds. The second-order valence-electron chi connectivity index (χ2n) is 3.09. The average Bonchev–Trinajstić information content (AvgIpc) is 2.24. The Bertz CT molecular complexity index is 457. The van der Waals surface area contributed by atoms with Crippen molar-refractivity contribution in [3.63, 3.8) is 0 Å². The van der Waals surface area contributed by atoms with Gasteiger partial charge >= 0.3 is 6.18 Å². The van der Waals surface area contributed by atoms with Crippen LogP contribution >= 0.6 is 15.9 Å². The van der Waals surface area contributed by atoms with Gasteiger partial charge in [-0.1, -0.05) is 28.1 Å². The van der Waals surface area contributed by atoms with E-state index in [0.717, 1.165) is 12.1 Å². The molecule has 7 heteroatoms. The zero-order chi connectivity index (χ0) is 13.1. The Hall–Kier alpha value is -1.37. The van der Waals surface area contributed by atoms with Crippen LogP contribution in [0.1, 0.15) is 11.1 Å². The first kappa shape index (κ1) is 13.7. The summed E-state index contributed by atoms with van der Waals surface area (Å²) in [5.41, 5.74) is -1.44. The molecule has 0 heterocycles. The highest BCUT2D eigenvalue weighted by atomic mass is 79.9. The Morgan fingerprint density at radius 2 is 2.06 bits per heavy atom. The molecule has 0 N–H and O–H groups in total. The Kier molecular flexibility index (Phi) is 4.28. The number of nitrogens with zero attached hydrogens (tertiary/aromatic N) is 1. The summed E-state index contributed by atoms with van der Waals surface area (Å²) in [7, 11) is 0. The minimum Gasteiger partial charge on any atom is -0.258 e. The van der Waals surface area contributed by atoms with E-state index in [1.165, 1.54) is 6.08 Å². The lowest BCUT2D eigenvalue weighted by atomic mass is 10.1. The minimum absolute atomic E-state index is 0.141. The van der Waals surface area contributed by atoms with Crippen molar-refractivity contribution in [1.82, 2.24) is 0 Å². The van der Waals surface area contributed by atoms with Crippen LogP contribution in [0.2, 0.25) is 0 Å². The first-order chi connectivity index (χ1) is 7.86. The van der Waals surface area contributed by atoms with E-state index in [-0.39, 0.29) is 5.56 Å². The van der Waals surface area contributed by atoms with Crippen LogP contribution in [0.15, 0.2) is 24.3 Å². The smallest absolute Gasteiger partial charge is 0.258 e. The fourth-order valence-corrected chi connectivity index (χ4v) is 1.38. The highest BCUT2D eigenvalue weighted by Gasteiger charge is 2.32. The van der Waals surface area contributed by atoms with E-state index in [2.05, 4.69) is 15.9 Å². The van der Waals surface area contributed by atoms with Crippen molar-refractivity contribution >= 4 is 27.7 Å². The molecule has 0 spiro atoms. The third kappa shape index (κ3) is 3.55. The van der Waals surface area contributed by atoms with Gasteiger partial charge in [-0.05, 0) is 12.1 Å². The van der Waals surface area contributed by atoms with Gasteiger partial charge in [-0.3, -0.25) is 10.1 Å². The molecule has 0 saturated heterocycles. The SMILES string of the molecule is O=[N+]([O-])c1cc(C(F)(F)F)ccc1C=CCBr. The first-order valence-corrected chi connectivity index (χ1v) is 5.56. The standard InChI is InChI=1S/C10H7BrF3NO2/c11-5-1-2-7-3-4-8(10(12,13)14)6-9(7)15(16)17/h1-4,6H,5H2. The quantitative estimate of drug-likeness (QED) is 0.481. The molecule has 0 aliphatic rings. The number of hydrogen-bond acceptors (Lipinski definition) is 2. The van der Waals surface area contributed by atoms with Gasteiger partial charge in [0.05, 0.1) is 16.1 Å². The van der Waals surface area contributed by atoms with Gasteiger partial charge in [-0.25, -0.2) is 0 Å². The van der Waals surface area contributed by atoms with Crippen molar-refractivity contribution in [2.75, 3.05) is 5.33 Å². The van der Waals surface area contributed by atoms with Crippen LogP contribution in [-0.4, -0.2) is 10.3 Å². The first-order valence-electron chi connectivity index (χ1n) is 4.44. The van der Waals surface area contributed by atoms with E-state index in [9.17, 15) is 23.3 Å². The van der Waals surface area contributed by atoms with Gasteiger partial charge in [0.2, 0.25) is 0 Å². The van der Waals surface area contributed by atoms with Crippen LogP contribution in [0.25, 0.3) is 6.08 Å². The molecule has 1 aromatic carbocycles. The van der Waals surface area contributed by atoms with E-state index in [4.69, 9.17) is 0 Å². The summed E-state index contributed by atoms with van der Waals surface area (Å²) in [5, 5.41) is 11.1. The number of nitro benzene ring substituents is 1. The maximum atomic E-state index is 12.4. The van der Waals surface area contributed by atoms with Crippen LogP contribution < -0.4 is 0 Å². The molecule has 0 bridgehead atoms. The topological polar surface area (TPSA) is 43.1 Å². The fourth-order valence-electron chi connectivity index (χ4n) is 1.19. The molecule has 3 nitrogen and oxygen atoms in total. The van der Waals surface area contributed by atoms with Gasteiger partial charge in [0.15, 0.2) is 0 Å². The third-order valence-corrected chi connectivity index (χ3v) is 2.31. The summed E-state index contributed by atoms with van der Waals surface area (Å²) in [5.74, 6) is 0. The normalized spacial score (nSPS) is 12.0. The van der Waals surface area contributed by atoms with Gasteiger partial charge in [0.25, 0.3) is 5.69 Å². The van der Waals surface area contributed by atoms with Crippen molar-refractivity contribution < 1.29 is 18.1 Å². The molecule has 0 saturated carbocycles. The predicted molar refractivity (Wildman–Crippen MR) is 60.9 cm³/mol. The number of halogens is 4. The van der Waals surface area contributed by atoms with Gasteiger partial charge in [0.1, 0.15) is 0 Å². The zero-order valence-corrected chi connectivity index (χ0v) is 9.96. The predicted octanol–water partition coefficient (Wildman–Crippen LogP) is 4.02. The van der Waals surface area contributed by atoms with Crippen LogP contribution in [0.5, 0.6) is 0 Å². The maximum Gasteiger partial charge on any atom is 0.416 e. The summed E-state index contributed by atoms with van der Waals surface area (Å²) in [4.78, 5) is 9.83. The molecule has 92 valence electrons. The second-order valence-corrected chi connectivity index (χ2v) is 3.73. The summed E-state index contributed by atoms with van der Waals surface area (Å²) < 4.78 is 37.1. The Labute approximate surface area is 103 Å². The lowest BCUT2D eigenvalue weighted by molar-refractivity contribution is -0.385. The zero-order valence-electron chi connectivity index (χ0n) is 8.37. The molecule has 0 aliphatic heterocycles. The minimum atomic E-state index is -4.58. The molecule has 1 rings (SSSR count). The van der Waals surface area contributed by atoms with Gasteiger partial charge in [-0.15, -0.1) is 0 Å². The number of nitro groups is 1. The van der Waals surface area contributed by atoms with Crippen molar-refractivity contribution in [3.8, 4) is 0 Å². The van der Waals surface area contributed by atoms with Gasteiger partial charge < -0.3 is 0 Å². The Morgan fingerprint density at radius 3 is 2.53 bits per heavy atom. The molecule has 0 fully saturated rings. The summed E-state index contributed by atoms with van der Waals surface area (Å²) in [6.07, 6.45) is -1.62. The number of rotatable bonds is 3. The van der Waals surface area contributed by atoms with Crippen LogP contribution in [-0.2, 0) is 6.18 Å². The monoisotopic (exact) mass is 309 g/mol. The van der Waals surface area contributed by atoms with Crippen LogP contribution in [0.4, 0.5) is 18.9 Å². The van der Waals surface area contributed by atoms with E-state index in [1.807, 2.05) is 0 Å². The van der Waals surface area contributed by atoms with Crippen LogP contribution in [0, 0.1) is 10.1 Å². The second kappa shape index (κ2) is 5.31. The number of allylic oxidation sites excluding steroid dienone is 1. The van der Waals surface area contributed by atoms with E-state index >= 15 is 0 Å². The summed E-state index contributed by atoms with van der Waals surface area (Å²) in [6.45, 7) is 0. The molecule has 0 unspecified atom stereocenters. The van der Waals surface area contributed by atoms with Crippen molar-refractivity contribution in [2.24, 2.45) is 0 Å². The van der Waals surface area contributed by atoms with Crippen LogP contribution in [0.3, 0.4) is 0 Å². The molecular formula is C10H7BrF3NO2. The number of alkyl halides is 4. The molecule has 17 heavy (non-hydrogen) atoms. The lowest BCUT2D eigenvalue weighted by Crippen LogP contribution is -2.06. The molecule has 0 aliphatic carbocycles. The Morgan fingerprint density at radius 1 is 1.41 bits per heavy atom. The highest BCUT2D eigenvalue weighted by molar-refractivity contribution is 9.09. The van der Waals surface area contributed by atoms with Crippen molar-refractivity contribution in [3.05, 3.63) is 45.5 Å². The van der Waals surface area contributed by atoms with Gasteiger partial charge in [-0.2, -0.15) is 13.2 Å². The Balaban J connectivity index is 3.27. The highest BCUT2D eigenvalue weighted by Crippen LogP contribution is 2.33.